The summed E-state index contributed by atoms with van der Waals surface area (Å²) >= 11 is 0. The maximum atomic E-state index is 11.3. The second-order valence-corrected chi connectivity index (χ2v) is 7.75. The van der Waals surface area contributed by atoms with Gasteiger partial charge in [-0.15, -0.1) is 0 Å². The molecule has 0 saturated heterocycles. The van der Waals surface area contributed by atoms with Crippen LogP contribution in [-0.2, 0) is 6.54 Å². The normalized spacial score (nSPS) is 10.7. The van der Waals surface area contributed by atoms with Gasteiger partial charge in [-0.2, -0.15) is 0 Å². The Morgan fingerprint density at radius 1 is 0.882 bits per heavy atom. The highest BCUT2D eigenvalue weighted by Gasteiger charge is 2.14. The number of urea groups is 1. The van der Waals surface area contributed by atoms with E-state index in [9.17, 15) is 4.79 Å². The monoisotopic (exact) mass is 446 g/mol. The summed E-state index contributed by atoms with van der Waals surface area (Å²) in [6.07, 6.45) is 5.03. The Morgan fingerprint density at radius 2 is 1.74 bits per heavy atom. The van der Waals surface area contributed by atoms with Crippen molar-refractivity contribution in [3.8, 4) is 22.4 Å². The van der Waals surface area contributed by atoms with Gasteiger partial charge in [0.05, 0.1) is 29.8 Å². The molecule has 0 aliphatic rings. The summed E-state index contributed by atoms with van der Waals surface area (Å²) < 4.78 is 0. The number of primary amides is 1. The van der Waals surface area contributed by atoms with Crippen molar-refractivity contribution in [3.63, 3.8) is 0 Å². The summed E-state index contributed by atoms with van der Waals surface area (Å²) in [6.45, 7) is 0.525. The number of fused-ring (bicyclic) bond motifs is 1. The van der Waals surface area contributed by atoms with E-state index >= 15 is 0 Å². The fourth-order valence-electron chi connectivity index (χ4n) is 3.91. The lowest BCUT2D eigenvalue weighted by Crippen LogP contribution is -2.19. The molecule has 2 amide bonds. The molecule has 0 spiro atoms. The molecule has 7 heteroatoms. The number of rotatable bonds is 6. The Kier molecular flexibility index (Phi) is 5.82. The van der Waals surface area contributed by atoms with Crippen molar-refractivity contribution < 1.29 is 4.79 Å². The van der Waals surface area contributed by atoms with Crippen molar-refractivity contribution in [1.29, 1.82) is 0 Å². The maximum absolute atomic E-state index is 11.3. The van der Waals surface area contributed by atoms with Crippen LogP contribution in [0.2, 0.25) is 0 Å². The van der Waals surface area contributed by atoms with Gasteiger partial charge in [0.25, 0.3) is 0 Å². The molecule has 0 saturated carbocycles. The molecule has 34 heavy (non-hydrogen) atoms. The Balaban J connectivity index is 1.65. The predicted octanol–water partition coefficient (Wildman–Crippen LogP) is 5.46. The van der Waals surface area contributed by atoms with Gasteiger partial charge >= 0.3 is 6.03 Å². The number of amides is 2. The van der Waals surface area contributed by atoms with Crippen LogP contribution in [0, 0.1) is 0 Å². The van der Waals surface area contributed by atoms with E-state index in [4.69, 9.17) is 10.7 Å². The molecule has 166 valence electrons. The number of anilines is 2. The SMILES string of the molecule is NC(=O)Nc1cncc(-c2cc3cccc(-c4ccccc4)c3c(NCc3ccccn3)n2)c1. The number of carbonyl (C=O) groups is 1. The van der Waals surface area contributed by atoms with Gasteiger partial charge in [-0.3, -0.25) is 9.97 Å². The van der Waals surface area contributed by atoms with Crippen LogP contribution in [0.3, 0.4) is 0 Å². The lowest BCUT2D eigenvalue weighted by Gasteiger charge is -2.15. The minimum absolute atomic E-state index is 0.507. The lowest BCUT2D eigenvalue weighted by atomic mass is 9.97. The van der Waals surface area contributed by atoms with Gasteiger partial charge < -0.3 is 16.4 Å². The van der Waals surface area contributed by atoms with E-state index in [2.05, 4.69) is 44.9 Å². The fourth-order valence-corrected chi connectivity index (χ4v) is 3.91. The summed E-state index contributed by atoms with van der Waals surface area (Å²) in [4.78, 5) is 24.9. The number of nitrogens with two attached hydrogens (primary N) is 1. The van der Waals surface area contributed by atoms with Crippen LogP contribution in [0.1, 0.15) is 5.69 Å². The Morgan fingerprint density at radius 3 is 2.53 bits per heavy atom. The van der Waals surface area contributed by atoms with E-state index in [0.29, 0.717) is 12.2 Å². The second-order valence-electron chi connectivity index (χ2n) is 7.75. The molecule has 4 N–H and O–H groups in total. The number of carbonyl (C=O) groups excluding carboxylic acids is 1. The number of pyridine rings is 3. The third kappa shape index (κ3) is 4.54. The van der Waals surface area contributed by atoms with Crippen molar-refractivity contribution in [2.75, 3.05) is 10.6 Å². The molecule has 3 heterocycles. The third-order valence-corrected chi connectivity index (χ3v) is 5.41. The molecule has 5 rings (SSSR count). The highest BCUT2D eigenvalue weighted by atomic mass is 16.2. The first-order chi connectivity index (χ1) is 16.7. The molecule has 0 atom stereocenters. The molecular weight excluding hydrogens is 424 g/mol. The number of benzene rings is 2. The van der Waals surface area contributed by atoms with Gasteiger partial charge in [0.2, 0.25) is 0 Å². The second kappa shape index (κ2) is 9.38. The van der Waals surface area contributed by atoms with Crippen LogP contribution in [0.5, 0.6) is 0 Å². The van der Waals surface area contributed by atoms with Crippen LogP contribution in [0.25, 0.3) is 33.2 Å². The van der Waals surface area contributed by atoms with E-state index in [1.54, 1.807) is 24.7 Å². The predicted molar refractivity (Wildman–Crippen MR) is 135 cm³/mol. The molecule has 0 fully saturated rings. The van der Waals surface area contributed by atoms with Gasteiger partial charge in [0.1, 0.15) is 5.82 Å². The van der Waals surface area contributed by atoms with Crippen molar-refractivity contribution in [3.05, 3.63) is 103 Å². The Bertz CT molecular complexity index is 1450. The zero-order valence-corrected chi connectivity index (χ0v) is 18.3. The smallest absolute Gasteiger partial charge is 0.316 e. The van der Waals surface area contributed by atoms with Gasteiger partial charge in [-0.1, -0.05) is 54.6 Å². The average molecular weight is 447 g/mol. The zero-order chi connectivity index (χ0) is 23.3. The lowest BCUT2D eigenvalue weighted by molar-refractivity contribution is 0.259. The van der Waals surface area contributed by atoms with Crippen molar-refractivity contribution >= 4 is 28.3 Å². The quantitative estimate of drug-likeness (QED) is 0.321. The van der Waals surface area contributed by atoms with Crippen LogP contribution in [-0.4, -0.2) is 21.0 Å². The molecule has 0 radical (unpaired) electrons. The first kappa shape index (κ1) is 21.1. The van der Waals surface area contributed by atoms with E-state index < -0.39 is 6.03 Å². The van der Waals surface area contributed by atoms with Crippen LogP contribution < -0.4 is 16.4 Å². The number of nitrogens with one attached hydrogen (secondary N) is 2. The van der Waals surface area contributed by atoms with Crippen molar-refractivity contribution in [2.24, 2.45) is 5.73 Å². The van der Waals surface area contributed by atoms with E-state index in [-0.39, 0.29) is 0 Å². The summed E-state index contributed by atoms with van der Waals surface area (Å²) in [5, 5.41) is 8.11. The van der Waals surface area contributed by atoms with Gasteiger partial charge in [0.15, 0.2) is 0 Å². The van der Waals surface area contributed by atoms with Crippen molar-refractivity contribution in [2.45, 2.75) is 6.54 Å². The van der Waals surface area contributed by atoms with Crippen LogP contribution in [0.15, 0.2) is 97.5 Å². The zero-order valence-electron chi connectivity index (χ0n) is 18.3. The largest absolute Gasteiger partial charge is 0.364 e. The highest BCUT2D eigenvalue weighted by Crippen LogP contribution is 2.36. The first-order valence-electron chi connectivity index (χ1n) is 10.8. The highest BCUT2D eigenvalue weighted by molar-refractivity contribution is 6.05. The third-order valence-electron chi connectivity index (χ3n) is 5.41. The molecule has 0 aliphatic heterocycles. The molecule has 2 aromatic carbocycles. The molecule has 7 nitrogen and oxygen atoms in total. The van der Waals surface area contributed by atoms with Gasteiger partial charge in [-0.25, -0.2) is 9.78 Å². The Hall–Kier alpha value is -4.78. The Labute approximate surface area is 196 Å². The van der Waals surface area contributed by atoms with E-state index in [1.165, 1.54) is 0 Å². The molecule has 0 unspecified atom stereocenters. The molecule has 5 aromatic rings. The summed E-state index contributed by atoms with van der Waals surface area (Å²) in [6, 6.07) is 25.5. The molecule has 0 aliphatic carbocycles. The molecule has 3 aromatic heterocycles. The molecular formula is C27H22N6O. The first-order valence-corrected chi connectivity index (χ1v) is 10.8. The summed E-state index contributed by atoms with van der Waals surface area (Å²) in [7, 11) is 0. The van der Waals surface area contributed by atoms with E-state index in [0.717, 1.165) is 44.7 Å². The number of hydrogen-bond acceptors (Lipinski definition) is 5. The minimum atomic E-state index is -0.643. The van der Waals surface area contributed by atoms with Gasteiger partial charge in [-0.05, 0) is 40.8 Å². The number of hydrogen-bond donors (Lipinski definition) is 3. The number of aromatic nitrogens is 3. The van der Waals surface area contributed by atoms with Crippen molar-refractivity contribution in [1.82, 2.24) is 15.0 Å². The molecule has 0 bridgehead atoms. The number of nitrogens with zero attached hydrogens (tertiary/aromatic N) is 3. The summed E-state index contributed by atoms with van der Waals surface area (Å²) in [5.74, 6) is 0.742. The van der Waals surface area contributed by atoms with Crippen LogP contribution >= 0.6 is 0 Å². The maximum Gasteiger partial charge on any atom is 0.316 e. The fraction of sp³-hybridized carbons (Fsp3) is 0.0370. The van der Waals surface area contributed by atoms with Crippen LogP contribution in [0.4, 0.5) is 16.3 Å². The van der Waals surface area contributed by atoms with Gasteiger partial charge in [0, 0.05) is 23.3 Å². The standard InChI is InChI=1S/C27H22N6O/c28-27(34)32-22-13-20(15-29-16-22)24-14-19-9-6-11-23(18-7-2-1-3-8-18)25(19)26(33-24)31-17-21-10-4-5-12-30-21/h1-16H,17H2,(H,31,33)(H3,28,32,34). The van der Waals surface area contributed by atoms with E-state index in [1.807, 2.05) is 48.5 Å². The topological polar surface area (TPSA) is 106 Å². The average Bonchev–Trinajstić information content (AvgIpc) is 2.87. The summed E-state index contributed by atoms with van der Waals surface area (Å²) in [5.41, 5.74) is 10.4. The minimum Gasteiger partial charge on any atom is -0.364 e.